The van der Waals surface area contributed by atoms with Crippen LogP contribution in [0.4, 0.5) is 17.8 Å². The molecule has 1 aromatic rings. The Balaban J connectivity index is 2.27. The second-order valence-corrected chi connectivity index (χ2v) is 5.13. The summed E-state index contributed by atoms with van der Waals surface area (Å²) < 4.78 is 5.48. The molecule has 0 spiro atoms. The number of methoxy groups -OCH3 is 1. The van der Waals surface area contributed by atoms with E-state index in [9.17, 15) is 0 Å². The summed E-state index contributed by atoms with van der Waals surface area (Å²) in [5.74, 6) is 2.08. The average Bonchev–Trinajstić information content (AvgIpc) is 2.55. The molecule has 1 atom stereocenters. The van der Waals surface area contributed by atoms with E-state index in [0.717, 1.165) is 50.9 Å². The lowest BCUT2D eigenvalue weighted by Gasteiger charge is -2.32. The number of aromatic nitrogens is 3. The zero-order valence-electron chi connectivity index (χ0n) is 13.5. The molecule has 1 saturated heterocycles. The topological polar surface area (TPSA) is 66.4 Å². The number of piperidine rings is 1. The Labute approximate surface area is 126 Å². The lowest BCUT2D eigenvalue weighted by atomic mass is 10.1. The van der Waals surface area contributed by atoms with Gasteiger partial charge in [0.1, 0.15) is 0 Å². The van der Waals surface area contributed by atoms with Crippen LogP contribution in [-0.4, -0.2) is 61.4 Å². The Hall–Kier alpha value is -1.63. The molecule has 7 heteroatoms. The first-order valence-corrected chi connectivity index (χ1v) is 7.68. The van der Waals surface area contributed by atoms with E-state index in [1.165, 1.54) is 0 Å². The number of hydrogen-bond donors (Lipinski definition) is 1. The fourth-order valence-corrected chi connectivity index (χ4v) is 2.57. The van der Waals surface area contributed by atoms with Gasteiger partial charge in [0.05, 0.1) is 6.10 Å². The van der Waals surface area contributed by atoms with Crippen LogP contribution in [0, 0.1) is 0 Å². The number of anilines is 3. The van der Waals surface area contributed by atoms with Crippen LogP contribution in [0.1, 0.15) is 26.7 Å². The molecule has 0 bridgehead atoms. The third kappa shape index (κ3) is 3.72. The van der Waals surface area contributed by atoms with Crippen LogP contribution in [0.25, 0.3) is 0 Å². The van der Waals surface area contributed by atoms with E-state index in [1.54, 1.807) is 7.11 Å². The quantitative estimate of drug-likeness (QED) is 0.850. The molecule has 1 unspecified atom stereocenters. The fourth-order valence-electron chi connectivity index (χ4n) is 2.57. The molecule has 1 aliphatic rings. The van der Waals surface area contributed by atoms with Crippen molar-refractivity contribution in [3.05, 3.63) is 0 Å². The molecule has 1 fully saturated rings. The minimum atomic E-state index is 0.255. The van der Waals surface area contributed by atoms with Crippen molar-refractivity contribution in [3.8, 4) is 0 Å². The van der Waals surface area contributed by atoms with Crippen LogP contribution >= 0.6 is 0 Å². The first kappa shape index (κ1) is 15.8. The molecule has 0 aromatic carbocycles. The Morgan fingerprint density at radius 3 is 2.67 bits per heavy atom. The van der Waals surface area contributed by atoms with Gasteiger partial charge in [0.2, 0.25) is 17.8 Å². The van der Waals surface area contributed by atoms with Gasteiger partial charge in [-0.05, 0) is 26.7 Å². The minimum absolute atomic E-state index is 0.255. The first-order valence-electron chi connectivity index (χ1n) is 7.68. The zero-order valence-corrected chi connectivity index (χ0v) is 13.5. The largest absolute Gasteiger partial charge is 0.380 e. The first-order chi connectivity index (χ1) is 10.2. The number of hydrogen-bond acceptors (Lipinski definition) is 7. The molecule has 118 valence electrons. The van der Waals surface area contributed by atoms with Gasteiger partial charge in [0.15, 0.2) is 0 Å². The van der Waals surface area contributed by atoms with Gasteiger partial charge in [-0.15, -0.1) is 0 Å². The molecular weight excluding hydrogens is 268 g/mol. The van der Waals surface area contributed by atoms with E-state index < -0.39 is 0 Å². The third-order valence-electron chi connectivity index (χ3n) is 3.88. The molecule has 21 heavy (non-hydrogen) atoms. The Bertz CT molecular complexity index is 451. The molecular formula is C14H26N6O. The highest BCUT2D eigenvalue weighted by atomic mass is 16.5. The maximum absolute atomic E-state index is 5.48. The maximum Gasteiger partial charge on any atom is 0.232 e. The summed E-state index contributed by atoms with van der Waals surface area (Å²) in [5.41, 5.74) is 0. The highest BCUT2D eigenvalue weighted by Gasteiger charge is 2.23. The smallest absolute Gasteiger partial charge is 0.232 e. The number of rotatable bonds is 6. The summed E-state index contributed by atoms with van der Waals surface area (Å²) in [6.07, 6.45) is 2.45. The minimum Gasteiger partial charge on any atom is -0.380 e. The average molecular weight is 294 g/mol. The Kier molecular flexibility index (Phi) is 5.55. The predicted molar refractivity (Wildman–Crippen MR) is 85.2 cm³/mol. The van der Waals surface area contributed by atoms with E-state index in [4.69, 9.17) is 4.74 Å². The summed E-state index contributed by atoms with van der Waals surface area (Å²) in [4.78, 5) is 17.9. The zero-order chi connectivity index (χ0) is 15.2. The van der Waals surface area contributed by atoms with E-state index in [2.05, 4.69) is 43.9 Å². The molecule has 0 saturated carbocycles. The van der Waals surface area contributed by atoms with Crippen molar-refractivity contribution in [2.45, 2.75) is 32.8 Å². The highest BCUT2D eigenvalue weighted by Crippen LogP contribution is 2.21. The second kappa shape index (κ2) is 7.40. The molecule has 0 amide bonds. The molecule has 2 rings (SSSR count). The molecule has 1 N–H and O–H groups in total. The summed E-state index contributed by atoms with van der Waals surface area (Å²) in [6.45, 7) is 7.77. The van der Waals surface area contributed by atoms with Crippen molar-refractivity contribution in [2.75, 3.05) is 55.5 Å². The summed E-state index contributed by atoms with van der Waals surface area (Å²) >= 11 is 0. The van der Waals surface area contributed by atoms with E-state index >= 15 is 0 Å². The SMILES string of the molecule is CCN(CC)c1nc(NC)nc(N2CCCC(OC)C2)n1. The number of ether oxygens (including phenoxy) is 1. The van der Waals surface area contributed by atoms with Crippen LogP contribution in [0.2, 0.25) is 0 Å². The Morgan fingerprint density at radius 2 is 2.05 bits per heavy atom. The van der Waals surface area contributed by atoms with Gasteiger partial charge in [0, 0.05) is 40.3 Å². The Morgan fingerprint density at radius 1 is 1.29 bits per heavy atom. The van der Waals surface area contributed by atoms with Gasteiger partial charge < -0.3 is 19.9 Å². The van der Waals surface area contributed by atoms with Crippen LogP contribution < -0.4 is 15.1 Å². The van der Waals surface area contributed by atoms with Gasteiger partial charge in [-0.25, -0.2) is 0 Å². The summed E-state index contributed by atoms with van der Waals surface area (Å²) in [6, 6.07) is 0. The van der Waals surface area contributed by atoms with Crippen LogP contribution in [0.3, 0.4) is 0 Å². The van der Waals surface area contributed by atoms with Crippen molar-refractivity contribution in [1.82, 2.24) is 15.0 Å². The highest BCUT2D eigenvalue weighted by molar-refractivity contribution is 5.45. The monoisotopic (exact) mass is 294 g/mol. The lowest BCUT2D eigenvalue weighted by Crippen LogP contribution is -2.40. The summed E-state index contributed by atoms with van der Waals surface area (Å²) in [5, 5.41) is 3.03. The van der Waals surface area contributed by atoms with Gasteiger partial charge in [-0.2, -0.15) is 15.0 Å². The van der Waals surface area contributed by atoms with Crippen LogP contribution in [0.15, 0.2) is 0 Å². The van der Waals surface area contributed by atoms with Crippen molar-refractivity contribution < 1.29 is 4.74 Å². The standard InChI is InChI=1S/C14H26N6O/c1-5-19(6-2)13-16-12(15-3)17-14(18-13)20-9-7-8-11(10-20)21-4/h11H,5-10H2,1-4H3,(H,15,16,17,18). The number of nitrogens with zero attached hydrogens (tertiary/aromatic N) is 5. The molecule has 1 aromatic heterocycles. The molecule has 2 heterocycles. The lowest BCUT2D eigenvalue weighted by molar-refractivity contribution is 0.0889. The summed E-state index contributed by atoms with van der Waals surface area (Å²) in [7, 11) is 3.60. The third-order valence-corrected chi connectivity index (χ3v) is 3.88. The van der Waals surface area contributed by atoms with E-state index in [0.29, 0.717) is 5.95 Å². The molecule has 0 aliphatic carbocycles. The number of nitrogens with one attached hydrogen (secondary N) is 1. The van der Waals surface area contributed by atoms with Crippen molar-refractivity contribution in [3.63, 3.8) is 0 Å². The van der Waals surface area contributed by atoms with E-state index in [1.807, 2.05) is 7.05 Å². The fraction of sp³-hybridized carbons (Fsp3) is 0.786. The predicted octanol–water partition coefficient (Wildman–Crippen LogP) is 1.37. The molecule has 7 nitrogen and oxygen atoms in total. The second-order valence-electron chi connectivity index (χ2n) is 5.13. The molecule has 1 aliphatic heterocycles. The van der Waals surface area contributed by atoms with E-state index in [-0.39, 0.29) is 6.10 Å². The van der Waals surface area contributed by atoms with Crippen molar-refractivity contribution in [2.24, 2.45) is 0 Å². The van der Waals surface area contributed by atoms with Crippen LogP contribution in [0.5, 0.6) is 0 Å². The maximum atomic E-state index is 5.48. The van der Waals surface area contributed by atoms with Crippen LogP contribution in [-0.2, 0) is 4.74 Å². The van der Waals surface area contributed by atoms with Gasteiger partial charge in [-0.1, -0.05) is 0 Å². The molecule has 0 radical (unpaired) electrons. The van der Waals surface area contributed by atoms with Crippen molar-refractivity contribution in [1.29, 1.82) is 0 Å². The van der Waals surface area contributed by atoms with Gasteiger partial charge >= 0.3 is 0 Å². The van der Waals surface area contributed by atoms with Gasteiger partial charge in [-0.3, -0.25) is 0 Å². The normalized spacial score (nSPS) is 18.7. The van der Waals surface area contributed by atoms with Gasteiger partial charge in [0.25, 0.3) is 0 Å². The van der Waals surface area contributed by atoms with Crippen molar-refractivity contribution >= 4 is 17.8 Å².